The average Bonchev–Trinajstić information content (AvgIpc) is 4.10. The number of likely N-dealkylation sites (tertiary alicyclic amines) is 3. The Balaban J connectivity index is 0.785. The largest absolute Gasteiger partial charge is 0.496 e. The summed E-state index contributed by atoms with van der Waals surface area (Å²) in [5.41, 5.74) is 4.58. The molecule has 3 saturated heterocycles. The number of carbonyl (C=O) groups excluding carboxylic acids is 3. The van der Waals surface area contributed by atoms with Crippen molar-refractivity contribution < 1.29 is 47.0 Å². The predicted molar refractivity (Wildman–Crippen MR) is 277 cm³/mol. The lowest BCUT2D eigenvalue weighted by Gasteiger charge is -2.33. The number of aromatic nitrogens is 6. The van der Waals surface area contributed by atoms with Crippen LogP contribution in [0.15, 0.2) is 116 Å². The van der Waals surface area contributed by atoms with Crippen molar-refractivity contribution in [3.63, 3.8) is 0 Å². The van der Waals surface area contributed by atoms with E-state index in [0.29, 0.717) is 93.1 Å². The zero-order valence-corrected chi connectivity index (χ0v) is 42.4. The zero-order chi connectivity index (χ0) is 51.6. The number of ether oxygens (including phenoxy) is 5. The number of benzene rings is 3. The molecule has 2 atom stereocenters. The fourth-order valence-electron chi connectivity index (χ4n) is 9.29. The van der Waals surface area contributed by atoms with E-state index in [2.05, 4.69) is 20.9 Å². The molecule has 74 heavy (non-hydrogen) atoms. The molecule has 6 aromatic rings. The summed E-state index contributed by atoms with van der Waals surface area (Å²) in [4.78, 5) is 53.0. The van der Waals surface area contributed by atoms with E-state index in [1.807, 2.05) is 90.0 Å². The fourth-order valence-corrected chi connectivity index (χ4v) is 9.94. The van der Waals surface area contributed by atoms with Gasteiger partial charge in [-0.15, -0.1) is 4.68 Å². The molecule has 3 fully saturated rings. The van der Waals surface area contributed by atoms with Crippen molar-refractivity contribution in [1.82, 2.24) is 38.8 Å². The molecule has 9 rings (SSSR count). The number of hydrogen-bond acceptors (Lipinski definition) is 13. The molecule has 0 aliphatic carbocycles. The number of amides is 3. The summed E-state index contributed by atoms with van der Waals surface area (Å²) in [7, 11) is 3.17. The summed E-state index contributed by atoms with van der Waals surface area (Å²) in [5, 5.41) is 6.70. The monoisotopic (exact) mass is 1020 g/mol. The molecule has 19 heteroatoms. The first kappa shape index (κ1) is 51.0. The molecule has 3 aromatic carbocycles. The number of methoxy groups -OCH3 is 2. The Hall–Kier alpha value is -7.93. The van der Waals surface area contributed by atoms with Crippen molar-refractivity contribution in [3.8, 4) is 62.9 Å². The Kier molecular flexibility index (Phi) is 16.4. The lowest BCUT2D eigenvalue weighted by atomic mass is 10.0. The van der Waals surface area contributed by atoms with E-state index in [-0.39, 0.29) is 55.5 Å². The minimum Gasteiger partial charge on any atom is -0.496 e. The van der Waals surface area contributed by atoms with E-state index in [1.165, 1.54) is 28.6 Å². The van der Waals surface area contributed by atoms with E-state index in [9.17, 15) is 14.4 Å². The summed E-state index contributed by atoms with van der Waals surface area (Å²) in [6, 6.07) is 22.7. The number of carbonyl (C=O) groups is 3. The minimum atomic E-state index is -1.46. The highest BCUT2D eigenvalue weighted by atomic mass is 32.1. The molecule has 3 aromatic heterocycles. The van der Waals surface area contributed by atoms with Crippen LogP contribution in [0.3, 0.4) is 0 Å². The molecule has 0 bridgehead atoms. The number of piperidine rings is 3. The van der Waals surface area contributed by atoms with Crippen LogP contribution in [0, 0.1) is 0 Å². The van der Waals surface area contributed by atoms with E-state index < -0.39 is 12.3 Å². The number of para-hydroxylation sites is 1. The molecule has 384 valence electrons. The van der Waals surface area contributed by atoms with Gasteiger partial charge in [0.05, 0.1) is 43.8 Å². The quantitative estimate of drug-likeness (QED) is 0.0650. The number of aryl methyl sites for hydroxylation is 1. The van der Waals surface area contributed by atoms with Gasteiger partial charge in [-0.25, -0.2) is 13.9 Å². The summed E-state index contributed by atoms with van der Waals surface area (Å²) >= 11 is 1.29. The third-order valence-electron chi connectivity index (χ3n) is 13.3. The van der Waals surface area contributed by atoms with Crippen molar-refractivity contribution in [2.45, 2.75) is 70.1 Å². The third kappa shape index (κ3) is 12.1. The van der Waals surface area contributed by atoms with Gasteiger partial charge in [-0.1, -0.05) is 30.8 Å². The van der Waals surface area contributed by atoms with Crippen LogP contribution in [0.2, 0.25) is 0 Å². The van der Waals surface area contributed by atoms with Crippen LogP contribution in [-0.2, 0) is 20.9 Å². The van der Waals surface area contributed by atoms with Crippen molar-refractivity contribution in [3.05, 3.63) is 121 Å². The van der Waals surface area contributed by atoms with Crippen LogP contribution in [0.25, 0.3) is 46.0 Å². The normalized spacial score (nSPS) is 17.6. The van der Waals surface area contributed by atoms with Gasteiger partial charge in [0.15, 0.2) is 6.17 Å². The maximum atomic E-state index is 15.6. The first-order chi connectivity index (χ1) is 36.1. The van der Waals surface area contributed by atoms with Gasteiger partial charge in [-0.2, -0.15) is 9.36 Å². The lowest BCUT2D eigenvalue weighted by Crippen LogP contribution is -2.49. The minimum absolute atomic E-state index is 0.0427. The highest BCUT2D eigenvalue weighted by molar-refractivity contribution is 7.04. The number of alkyl halides is 1. The predicted octanol–water partition coefficient (Wildman–Crippen LogP) is 7.58. The Bertz CT molecular complexity index is 3020. The number of hydrogen-bond donors (Lipinski definition) is 0. The van der Waals surface area contributed by atoms with Gasteiger partial charge < -0.3 is 38.4 Å². The Morgan fingerprint density at radius 1 is 0.784 bits per heavy atom. The molecular weight excluding hydrogens is 966 g/mol. The van der Waals surface area contributed by atoms with Crippen molar-refractivity contribution >= 4 is 41.5 Å². The average molecular weight is 1030 g/mol. The van der Waals surface area contributed by atoms with Crippen LogP contribution in [0.5, 0.6) is 29.1 Å². The summed E-state index contributed by atoms with van der Waals surface area (Å²) in [6.07, 6.45) is 11.7. The smallest absolute Gasteiger partial charge is 0.317 e. The van der Waals surface area contributed by atoms with Gasteiger partial charge in [0.25, 0.3) is 0 Å². The second-order valence-corrected chi connectivity index (χ2v) is 18.7. The van der Waals surface area contributed by atoms with Crippen LogP contribution >= 0.6 is 11.5 Å². The SMILES string of the molecule is C=CC(=O)N1CCC(Oc2ccc(/C=C/C(=O)N3CCC(Oc4cccc(-c5nn(CC)c[n+]5/C=C\C(=O)N5CC[C@H](Oc6nccc(-c7ccccc7OC)n6)[C@H](F)C5)c4)CC3)c(-c3csnc3OC)c2)CC1. The van der Waals surface area contributed by atoms with Gasteiger partial charge in [0.2, 0.25) is 29.9 Å². The molecule has 3 amide bonds. The fraction of sp³-hybridized carbons (Fsp3) is 0.345. The lowest BCUT2D eigenvalue weighted by molar-refractivity contribution is -0.557. The maximum absolute atomic E-state index is 15.6. The number of halogens is 1. The Labute approximate surface area is 433 Å². The summed E-state index contributed by atoms with van der Waals surface area (Å²) in [6.45, 7) is 8.57. The van der Waals surface area contributed by atoms with Crippen LogP contribution in [0.4, 0.5) is 4.39 Å². The first-order valence-electron chi connectivity index (χ1n) is 24.8. The molecular formula is C55H59FN9O8S+. The maximum Gasteiger partial charge on any atom is 0.317 e. The van der Waals surface area contributed by atoms with Crippen LogP contribution in [0.1, 0.15) is 44.6 Å². The van der Waals surface area contributed by atoms with Gasteiger partial charge in [-0.05, 0) is 90.3 Å². The van der Waals surface area contributed by atoms with Crippen LogP contribution < -0.4 is 28.3 Å². The Morgan fingerprint density at radius 3 is 2.22 bits per heavy atom. The van der Waals surface area contributed by atoms with E-state index in [0.717, 1.165) is 27.8 Å². The molecule has 0 radical (unpaired) electrons. The van der Waals surface area contributed by atoms with Crippen molar-refractivity contribution in [1.29, 1.82) is 0 Å². The highest BCUT2D eigenvalue weighted by Crippen LogP contribution is 2.37. The zero-order valence-electron chi connectivity index (χ0n) is 41.6. The van der Waals surface area contributed by atoms with E-state index in [1.54, 1.807) is 59.2 Å². The molecule has 3 aliphatic rings. The van der Waals surface area contributed by atoms with Gasteiger partial charge in [0.1, 0.15) is 42.1 Å². The highest BCUT2D eigenvalue weighted by Gasteiger charge is 2.34. The first-order valence-corrected chi connectivity index (χ1v) is 25.6. The van der Waals surface area contributed by atoms with Crippen LogP contribution in [-0.4, -0.2) is 135 Å². The van der Waals surface area contributed by atoms with Gasteiger partial charge >= 0.3 is 11.8 Å². The third-order valence-corrected chi connectivity index (χ3v) is 13.9. The molecule has 0 spiro atoms. The number of rotatable bonds is 17. The molecule has 6 heterocycles. The van der Waals surface area contributed by atoms with Gasteiger partial charge in [0, 0.05) is 99.2 Å². The standard InChI is InChI=1S/C55H59FN9O8S/c1-5-50(66)61-26-19-40(20-27-61)72-42-16-14-37(44(33-42)45-35-74-60-54(45)70-4)15-17-51(67)62-28-21-39(22-29-62)71-41-11-9-10-38(32-41)53-59-65(6-2)36-64(53)31-24-52(68)63-30-23-49(46(56)34-63)73-55-57-25-18-47(58-55)43-12-7-8-13-48(43)69-3/h5,7-18,24-25,31-33,35-36,39-40,46,49H,1,6,19-23,26-30,34H2,2-4H3/q+1/b17-15+,31-24-/t46-,49+/m1/s1. The van der Waals surface area contributed by atoms with Crippen molar-refractivity contribution in [2.24, 2.45) is 0 Å². The van der Waals surface area contributed by atoms with Gasteiger partial charge in [-0.3, -0.25) is 14.4 Å². The van der Waals surface area contributed by atoms with E-state index in [4.69, 9.17) is 28.8 Å². The molecule has 0 N–H and O–H groups in total. The summed E-state index contributed by atoms with van der Waals surface area (Å²) in [5.74, 6) is 2.57. The second kappa shape index (κ2) is 23.7. The Morgan fingerprint density at radius 2 is 1.50 bits per heavy atom. The molecule has 0 saturated carbocycles. The second-order valence-electron chi connectivity index (χ2n) is 18.0. The topological polar surface area (TPSA) is 167 Å². The van der Waals surface area contributed by atoms with E-state index >= 15 is 4.39 Å². The van der Waals surface area contributed by atoms with Crippen molar-refractivity contribution in [2.75, 3.05) is 53.5 Å². The molecule has 17 nitrogen and oxygen atoms in total. The number of nitrogens with zero attached hydrogens (tertiary/aromatic N) is 9. The molecule has 0 unspecified atom stereocenters. The summed E-state index contributed by atoms with van der Waals surface area (Å²) < 4.78 is 53.4. The molecule has 3 aliphatic heterocycles.